The van der Waals surface area contributed by atoms with E-state index in [4.69, 9.17) is 42.6 Å². The highest BCUT2D eigenvalue weighted by Crippen LogP contribution is 2.62. The minimum atomic E-state index is -0.661. The van der Waals surface area contributed by atoms with E-state index in [-0.39, 0.29) is 113 Å². The van der Waals surface area contributed by atoms with Crippen molar-refractivity contribution in [2.24, 2.45) is 118 Å². The first-order valence-corrected chi connectivity index (χ1v) is 43.2. The number of hydrogen-bond donors (Lipinski definition) is 1. The fourth-order valence-corrected chi connectivity index (χ4v) is 22.2. The fraction of sp³-hybridized carbons (Fsp3) is 0.888. The van der Waals surface area contributed by atoms with E-state index in [9.17, 15) is 53.1 Å². The van der Waals surface area contributed by atoms with Crippen LogP contribution in [0.5, 0.6) is 0 Å². The average molecular weight is 1550 g/mol. The number of esters is 10. The topological polar surface area (TPSA) is 283 Å². The SMILES string of the molecule is CC(C)CC(=O)OC(C)(C)C.CC(C)CC(=O)OC1(C)C2CC3CC(C2)CC1C3.CC(C)CC(=O)OC12CC3CC(C1)OC(=O)C(C3)C2.CC(C)CC(=O)OC12CC3CC(CC(O)(C3)C1)C2.CC(C)CC(=O)OC1C2CC3C(=O)OC1C3C2.CC(C)CC(=O)OC1CC2CCC1C2.CC(C)CC(=O)OC1CCOC1=O. The summed E-state index contributed by atoms with van der Waals surface area (Å²) in [5, 5.41) is 10.6. The van der Waals surface area contributed by atoms with Gasteiger partial charge >= 0.3 is 59.7 Å². The van der Waals surface area contributed by atoms with E-state index < -0.39 is 23.3 Å². The number of carbonyl (C=O) groups is 10. The molecule has 0 aromatic carbocycles. The highest BCUT2D eigenvalue weighted by Gasteiger charge is 2.64. The van der Waals surface area contributed by atoms with Gasteiger partial charge in [0.05, 0.1) is 24.0 Å². The van der Waals surface area contributed by atoms with Gasteiger partial charge in [-0.2, -0.15) is 0 Å². The molecular formula is C89H142O21. The van der Waals surface area contributed by atoms with Crippen LogP contribution in [0.4, 0.5) is 0 Å². The highest BCUT2D eigenvalue weighted by molar-refractivity contribution is 5.81. The zero-order valence-corrected chi connectivity index (χ0v) is 70.5. The average Bonchev–Trinajstić information content (AvgIpc) is 1.19. The Bertz CT molecular complexity index is 3130. The Labute approximate surface area is 657 Å². The smallest absolute Gasteiger partial charge is 0.347 e. The van der Waals surface area contributed by atoms with Gasteiger partial charge in [-0.25, -0.2) is 4.79 Å². The number of hydrogen-bond acceptors (Lipinski definition) is 21. The largest absolute Gasteiger partial charge is 0.463 e. The summed E-state index contributed by atoms with van der Waals surface area (Å²) in [6, 6.07) is 0. The Kier molecular flexibility index (Phi) is 30.2. The quantitative estimate of drug-likeness (QED) is 0.0875. The highest BCUT2D eigenvalue weighted by atomic mass is 16.6. The van der Waals surface area contributed by atoms with Crippen molar-refractivity contribution in [3.8, 4) is 0 Å². The second-order valence-electron chi connectivity index (χ2n) is 40.9. The van der Waals surface area contributed by atoms with Crippen molar-refractivity contribution in [2.45, 2.75) is 376 Å². The summed E-state index contributed by atoms with van der Waals surface area (Å²) in [4.78, 5) is 116. The fourth-order valence-electron chi connectivity index (χ4n) is 22.2. The molecule has 4 heterocycles. The number of rotatable bonds is 20. The van der Waals surface area contributed by atoms with Gasteiger partial charge in [-0.1, -0.05) is 96.9 Å². The van der Waals surface area contributed by atoms with Gasteiger partial charge < -0.3 is 52.5 Å². The predicted molar refractivity (Wildman–Crippen MR) is 411 cm³/mol. The molecule has 18 aliphatic rings. The van der Waals surface area contributed by atoms with Gasteiger partial charge in [-0.3, -0.25) is 43.2 Å². The monoisotopic (exact) mass is 1550 g/mol. The van der Waals surface area contributed by atoms with E-state index in [1.54, 1.807) is 0 Å². The Morgan fingerprint density at radius 2 is 0.927 bits per heavy atom. The van der Waals surface area contributed by atoms with E-state index >= 15 is 0 Å². The lowest BCUT2D eigenvalue weighted by molar-refractivity contribution is -0.220. The second-order valence-corrected chi connectivity index (χ2v) is 40.9. The van der Waals surface area contributed by atoms with Crippen LogP contribution in [0.25, 0.3) is 0 Å². The molecule has 14 saturated carbocycles. The molecule has 0 radical (unpaired) electrons. The third kappa shape index (κ3) is 24.8. The Morgan fingerprint density at radius 3 is 1.42 bits per heavy atom. The molecule has 15 atom stereocenters. The molecule has 0 aromatic heterocycles. The summed E-state index contributed by atoms with van der Waals surface area (Å²) in [5.41, 5.74) is -1.77. The molecule has 21 nitrogen and oxygen atoms in total. The molecule has 0 spiro atoms. The van der Waals surface area contributed by atoms with E-state index in [0.717, 1.165) is 82.0 Å². The van der Waals surface area contributed by atoms with E-state index in [2.05, 4.69) is 39.4 Å². The van der Waals surface area contributed by atoms with Crippen LogP contribution in [-0.4, -0.2) is 130 Å². The van der Waals surface area contributed by atoms with Crippen LogP contribution in [0.3, 0.4) is 0 Å². The Morgan fingerprint density at radius 1 is 0.436 bits per heavy atom. The van der Waals surface area contributed by atoms with Gasteiger partial charge in [-0.05, 0) is 244 Å². The Balaban J connectivity index is 0.000000149. The van der Waals surface area contributed by atoms with E-state index in [1.165, 1.54) is 57.8 Å². The third-order valence-electron chi connectivity index (χ3n) is 25.7. The number of aliphatic hydroxyl groups is 1. The maximum atomic E-state index is 12.0. The van der Waals surface area contributed by atoms with E-state index in [0.29, 0.717) is 160 Å². The third-order valence-corrected chi connectivity index (χ3v) is 25.7. The van der Waals surface area contributed by atoms with Crippen molar-refractivity contribution in [2.75, 3.05) is 6.61 Å². The number of cyclic esters (lactones) is 1. The summed E-state index contributed by atoms with van der Waals surface area (Å²) in [6.07, 6.45) is 26.6. The van der Waals surface area contributed by atoms with Crippen molar-refractivity contribution in [3.05, 3.63) is 0 Å². The van der Waals surface area contributed by atoms with Gasteiger partial charge in [0.15, 0.2) is 0 Å². The normalized spacial score (nSPS) is 36.6. The summed E-state index contributed by atoms with van der Waals surface area (Å²) in [6.45, 7) is 36.4. The molecular weight excluding hydrogens is 1400 g/mol. The van der Waals surface area contributed by atoms with Crippen LogP contribution >= 0.6 is 0 Å². The summed E-state index contributed by atoms with van der Waals surface area (Å²) >= 11 is 0. The lowest BCUT2D eigenvalue weighted by atomic mass is 9.50. The van der Waals surface area contributed by atoms with Crippen molar-refractivity contribution in [1.82, 2.24) is 0 Å². The van der Waals surface area contributed by atoms with Gasteiger partial charge in [-0.15, -0.1) is 0 Å². The van der Waals surface area contributed by atoms with Gasteiger partial charge in [0.25, 0.3) is 0 Å². The molecule has 15 unspecified atom stereocenters. The van der Waals surface area contributed by atoms with Crippen molar-refractivity contribution in [1.29, 1.82) is 0 Å². The minimum absolute atomic E-state index is 0.0116. The van der Waals surface area contributed by atoms with Crippen LogP contribution in [0.1, 0.15) is 317 Å². The molecule has 18 rings (SSSR count). The molecule has 1 N–H and O–H groups in total. The molecule has 624 valence electrons. The molecule has 110 heavy (non-hydrogen) atoms. The summed E-state index contributed by atoms with van der Waals surface area (Å²) in [7, 11) is 0. The molecule has 14 aliphatic carbocycles. The maximum absolute atomic E-state index is 12.0. The zero-order chi connectivity index (χ0) is 80.7. The Hall–Kier alpha value is -5.34. The van der Waals surface area contributed by atoms with Crippen molar-refractivity contribution in [3.63, 3.8) is 0 Å². The van der Waals surface area contributed by atoms with Crippen LogP contribution in [0.15, 0.2) is 0 Å². The van der Waals surface area contributed by atoms with Crippen LogP contribution in [0, 0.1) is 118 Å². The first-order valence-electron chi connectivity index (χ1n) is 43.2. The molecule has 0 aromatic rings. The molecule has 0 amide bonds. The number of fused-ring (bicyclic) bond motifs is 4. The molecule has 4 aliphatic heterocycles. The van der Waals surface area contributed by atoms with Crippen LogP contribution in [-0.2, 0) is 95.3 Å². The first-order chi connectivity index (χ1) is 51.4. The van der Waals surface area contributed by atoms with E-state index in [1.807, 2.05) is 90.0 Å². The van der Waals surface area contributed by atoms with Crippen molar-refractivity contribution < 1.29 is 100 Å². The lowest BCUT2D eigenvalue weighted by Crippen LogP contribution is -2.60. The lowest BCUT2D eigenvalue weighted by Gasteiger charge is -2.59. The van der Waals surface area contributed by atoms with Crippen molar-refractivity contribution >= 4 is 59.7 Å². The standard InChI is InChI=1S/C16H26O2.C15H22O4.C15H24O3.C13H18O4.C12H20O2.C9H14O4.C9H18O2/c1-10(2)4-15(17)18-16(3)13-6-11-5-12(8-13)9-14(16)7-11;1-9(2)3-13(16)19-15-6-10-4-11(7-15)14(17)18-12(5-10)8-15;1-10(2)3-13(16)18-15-7-11-4-12(8-15)6-14(17,5-11)9-15;1-6(2)3-10(14)16-11-7-4-8-9(5-7)13(15)17-12(8)11;1-8(2)5-12(13)14-11-7-9-3-4-10(11)6-9;1-6(2)5-8(10)13-7-3-4-12-9(7)11;1-7(2)6-8(10)11-9(3,4)5/h10-14H,4-9H2,1-3H3;9-12H,3-8H2,1-2H3;10-12,17H,3-9H2,1-2H3;6-9,11-12H,3-5H2,1-2H3;8-11H,3-7H2,1-2H3;6-7H,3-5H2,1-2H3;7H,6H2,1-5H3. The van der Waals surface area contributed by atoms with Gasteiger partial charge in [0.1, 0.15) is 46.8 Å². The van der Waals surface area contributed by atoms with Crippen LogP contribution < -0.4 is 0 Å². The second kappa shape index (κ2) is 37.5. The summed E-state index contributed by atoms with van der Waals surface area (Å²) in [5.74, 6) is 8.12. The number of carbonyl (C=O) groups excluding carboxylic acids is 10. The molecule has 21 heteroatoms. The summed E-state index contributed by atoms with van der Waals surface area (Å²) < 4.78 is 54.2. The predicted octanol–water partition coefficient (Wildman–Crippen LogP) is 16.5. The zero-order valence-electron chi connectivity index (χ0n) is 70.5. The van der Waals surface area contributed by atoms with Gasteiger partial charge in [0, 0.05) is 82.5 Å². The molecule has 16 bridgehead atoms. The number of ether oxygens (including phenoxy) is 10. The van der Waals surface area contributed by atoms with Crippen LogP contribution in [0.2, 0.25) is 0 Å². The molecule has 18 fully saturated rings. The molecule has 4 saturated heterocycles. The maximum Gasteiger partial charge on any atom is 0.347 e. The first kappa shape index (κ1) is 88.6. The minimum Gasteiger partial charge on any atom is -0.463 e. The van der Waals surface area contributed by atoms with Gasteiger partial charge in [0.2, 0.25) is 6.10 Å².